The molecule has 0 aliphatic heterocycles. The Morgan fingerprint density at radius 2 is 1.11 bits per heavy atom. The molecule has 2 aromatic heterocycles. The SMILES string of the molecule is CC1(C)c2ccccc2-c2cc3c4ccccc4n(-c4cccc(-c5cc(-c6ccccc6)nc(-c6ccccc6)n5)c4)c3cc21. The lowest BCUT2D eigenvalue weighted by Crippen LogP contribution is -2.14. The Bertz CT molecular complexity index is 2380. The number of hydrogen-bond acceptors (Lipinski definition) is 2. The van der Waals surface area contributed by atoms with Crippen LogP contribution in [0.3, 0.4) is 0 Å². The van der Waals surface area contributed by atoms with Gasteiger partial charge in [-0.25, -0.2) is 9.97 Å². The van der Waals surface area contributed by atoms with Gasteiger partial charge in [0.1, 0.15) is 0 Å². The van der Waals surface area contributed by atoms with E-state index in [1.807, 2.05) is 24.3 Å². The van der Waals surface area contributed by atoms with E-state index in [1.54, 1.807) is 0 Å². The molecule has 218 valence electrons. The molecule has 0 saturated carbocycles. The van der Waals surface area contributed by atoms with Gasteiger partial charge in [0, 0.05) is 38.6 Å². The molecule has 1 aliphatic carbocycles. The standard InChI is InChI=1S/C43H31N3/c1-43(2)36-22-11-9-20-32(36)34-25-35-33-21-10-12-23-40(33)46(41(35)26-37(34)43)31-19-13-18-30(24-31)39-27-38(28-14-5-3-6-15-28)44-42(45-39)29-16-7-4-8-17-29/h3-27H,1-2H3. The smallest absolute Gasteiger partial charge is 0.160 e. The first-order chi connectivity index (χ1) is 22.6. The van der Waals surface area contributed by atoms with Crippen LogP contribution in [-0.2, 0) is 5.41 Å². The van der Waals surface area contributed by atoms with Crippen molar-refractivity contribution in [3.8, 4) is 50.7 Å². The van der Waals surface area contributed by atoms with Gasteiger partial charge in [0.25, 0.3) is 0 Å². The van der Waals surface area contributed by atoms with Gasteiger partial charge in [-0.2, -0.15) is 0 Å². The van der Waals surface area contributed by atoms with Crippen molar-refractivity contribution in [1.29, 1.82) is 0 Å². The minimum absolute atomic E-state index is 0.0775. The minimum Gasteiger partial charge on any atom is -0.309 e. The van der Waals surface area contributed by atoms with Crippen LogP contribution in [0.5, 0.6) is 0 Å². The lowest BCUT2D eigenvalue weighted by Gasteiger charge is -2.21. The van der Waals surface area contributed by atoms with Crippen LogP contribution < -0.4 is 0 Å². The largest absolute Gasteiger partial charge is 0.309 e. The van der Waals surface area contributed by atoms with Gasteiger partial charge < -0.3 is 4.57 Å². The molecule has 0 atom stereocenters. The van der Waals surface area contributed by atoms with Crippen LogP contribution in [0.2, 0.25) is 0 Å². The summed E-state index contributed by atoms with van der Waals surface area (Å²) in [5.74, 6) is 0.719. The number of nitrogens with zero attached hydrogens (tertiary/aromatic N) is 3. The average molecular weight is 590 g/mol. The highest BCUT2D eigenvalue weighted by Gasteiger charge is 2.36. The van der Waals surface area contributed by atoms with E-state index in [2.05, 4.69) is 146 Å². The van der Waals surface area contributed by atoms with Crippen molar-refractivity contribution >= 4 is 21.8 Å². The van der Waals surface area contributed by atoms with Gasteiger partial charge in [0.15, 0.2) is 5.82 Å². The van der Waals surface area contributed by atoms with E-state index in [-0.39, 0.29) is 5.41 Å². The first-order valence-electron chi connectivity index (χ1n) is 15.8. The zero-order valence-corrected chi connectivity index (χ0v) is 25.8. The van der Waals surface area contributed by atoms with E-state index in [1.165, 1.54) is 44.1 Å². The molecule has 0 bridgehead atoms. The summed E-state index contributed by atoms with van der Waals surface area (Å²) in [4.78, 5) is 10.1. The average Bonchev–Trinajstić information content (AvgIpc) is 3.56. The van der Waals surface area contributed by atoms with E-state index in [0.29, 0.717) is 0 Å². The number of rotatable bonds is 4. The fraction of sp³-hybridized carbons (Fsp3) is 0.0698. The van der Waals surface area contributed by atoms with Crippen molar-refractivity contribution < 1.29 is 0 Å². The van der Waals surface area contributed by atoms with Crippen molar-refractivity contribution in [3.05, 3.63) is 163 Å². The molecular formula is C43H31N3. The van der Waals surface area contributed by atoms with Crippen LogP contribution in [0.4, 0.5) is 0 Å². The van der Waals surface area contributed by atoms with Crippen LogP contribution in [0.1, 0.15) is 25.0 Å². The van der Waals surface area contributed by atoms with E-state index in [4.69, 9.17) is 9.97 Å². The molecule has 46 heavy (non-hydrogen) atoms. The predicted molar refractivity (Wildman–Crippen MR) is 190 cm³/mol. The van der Waals surface area contributed by atoms with Gasteiger partial charge in [-0.1, -0.05) is 129 Å². The predicted octanol–water partition coefficient (Wildman–Crippen LogP) is 10.9. The summed E-state index contributed by atoms with van der Waals surface area (Å²) < 4.78 is 2.42. The number of hydrogen-bond donors (Lipinski definition) is 0. The van der Waals surface area contributed by atoms with Gasteiger partial charge in [-0.05, 0) is 58.7 Å². The third kappa shape index (κ3) is 4.05. The molecule has 2 heterocycles. The fourth-order valence-corrected chi connectivity index (χ4v) is 7.31. The van der Waals surface area contributed by atoms with Crippen LogP contribution in [0, 0.1) is 0 Å². The topological polar surface area (TPSA) is 30.7 Å². The van der Waals surface area contributed by atoms with Crippen LogP contribution in [0.25, 0.3) is 72.5 Å². The maximum absolute atomic E-state index is 5.12. The third-order valence-corrected chi connectivity index (χ3v) is 9.60. The first-order valence-corrected chi connectivity index (χ1v) is 15.8. The summed E-state index contributed by atoms with van der Waals surface area (Å²) in [6.07, 6.45) is 0. The normalized spacial score (nSPS) is 13.2. The van der Waals surface area contributed by atoms with Gasteiger partial charge in [-0.3, -0.25) is 0 Å². The maximum Gasteiger partial charge on any atom is 0.160 e. The molecule has 6 aromatic carbocycles. The molecule has 8 aromatic rings. The summed E-state index contributed by atoms with van der Waals surface area (Å²) in [5.41, 5.74) is 13.8. The number of para-hydroxylation sites is 1. The highest BCUT2D eigenvalue weighted by atomic mass is 15.0. The van der Waals surface area contributed by atoms with Gasteiger partial charge in [0.05, 0.1) is 22.4 Å². The molecule has 0 unspecified atom stereocenters. The first kappa shape index (κ1) is 26.6. The zero-order valence-electron chi connectivity index (χ0n) is 25.8. The maximum atomic E-state index is 5.12. The highest BCUT2D eigenvalue weighted by molar-refractivity contribution is 6.11. The van der Waals surface area contributed by atoms with Crippen molar-refractivity contribution in [2.75, 3.05) is 0 Å². The second-order valence-corrected chi connectivity index (χ2v) is 12.7. The Kier molecular flexibility index (Phi) is 5.85. The second-order valence-electron chi connectivity index (χ2n) is 12.7. The third-order valence-electron chi connectivity index (χ3n) is 9.60. The van der Waals surface area contributed by atoms with Crippen LogP contribution in [-0.4, -0.2) is 14.5 Å². The monoisotopic (exact) mass is 589 g/mol. The van der Waals surface area contributed by atoms with E-state index in [9.17, 15) is 0 Å². The van der Waals surface area contributed by atoms with Gasteiger partial charge in [-0.15, -0.1) is 0 Å². The Morgan fingerprint density at radius 1 is 0.457 bits per heavy atom. The molecule has 0 radical (unpaired) electrons. The lowest BCUT2D eigenvalue weighted by atomic mass is 9.82. The number of benzene rings is 6. The Labute approximate surface area is 268 Å². The molecule has 0 saturated heterocycles. The molecule has 0 spiro atoms. The fourth-order valence-electron chi connectivity index (χ4n) is 7.31. The van der Waals surface area contributed by atoms with E-state index < -0.39 is 0 Å². The number of fused-ring (bicyclic) bond motifs is 6. The summed E-state index contributed by atoms with van der Waals surface area (Å²) in [5, 5.41) is 2.53. The van der Waals surface area contributed by atoms with Crippen molar-refractivity contribution in [3.63, 3.8) is 0 Å². The summed E-state index contributed by atoms with van der Waals surface area (Å²) in [6.45, 7) is 4.70. The molecule has 9 rings (SSSR count). The van der Waals surface area contributed by atoms with E-state index >= 15 is 0 Å². The number of aromatic nitrogens is 3. The second kappa shape index (κ2) is 10.1. The lowest BCUT2D eigenvalue weighted by molar-refractivity contribution is 0.661. The van der Waals surface area contributed by atoms with Crippen molar-refractivity contribution in [2.45, 2.75) is 19.3 Å². The Morgan fingerprint density at radius 3 is 1.91 bits per heavy atom. The molecular weight excluding hydrogens is 558 g/mol. The highest BCUT2D eigenvalue weighted by Crippen LogP contribution is 2.51. The molecule has 0 fully saturated rings. The van der Waals surface area contributed by atoms with Crippen LogP contribution in [0.15, 0.2) is 152 Å². The molecule has 1 aliphatic rings. The summed E-state index contributed by atoms with van der Waals surface area (Å²) in [7, 11) is 0. The van der Waals surface area contributed by atoms with Gasteiger partial charge >= 0.3 is 0 Å². The van der Waals surface area contributed by atoms with Crippen molar-refractivity contribution in [2.24, 2.45) is 0 Å². The van der Waals surface area contributed by atoms with E-state index in [0.717, 1.165) is 39.6 Å². The van der Waals surface area contributed by atoms with Gasteiger partial charge in [0.2, 0.25) is 0 Å². The summed E-state index contributed by atoms with van der Waals surface area (Å²) in [6, 6.07) is 54.0. The van der Waals surface area contributed by atoms with Crippen molar-refractivity contribution in [1.82, 2.24) is 14.5 Å². The minimum atomic E-state index is -0.0775. The molecule has 3 heteroatoms. The molecule has 0 N–H and O–H groups in total. The Balaban J connectivity index is 1.26. The molecule has 3 nitrogen and oxygen atoms in total. The zero-order chi connectivity index (χ0) is 30.8. The Hall–Kier alpha value is -5.80. The molecule has 0 amide bonds. The summed E-state index contributed by atoms with van der Waals surface area (Å²) >= 11 is 0. The van der Waals surface area contributed by atoms with Crippen LogP contribution >= 0.6 is 0 Å². The quantitative estimate of drug-likeness (QED) is 0.204.